The van der Waals surface area contributed by atoms with Crippen molar-refractivity contribution in [2.75, 3.05) is 13.7 Å². The SMILES string of the molecule is COc1cc(/C=C/C(=O)c2cccc([N+](=O)[O-])c2)ccc1OCC#N. The molecule has 0 atom stereocenters. The Hall–Kier alpha value is -3.66. The lowest BCUT2D eigenvalue weighted by atomic mass is 10.1. The molecule has 0 aliphatic rings. The molecule has 2 aromatic carbocycles. The van der Waals surface area contributed by atoms with Crippen LogP contribution in [0.5, 0.6) is 11.5 Å². The number of nitriles is 1. The van der Waals surface area contributed by atoms with Crippen LogP contribution in [0, 0.1) is 21.4 Å². The summed E-state index contributed by atoms with van der Waals surface area (Å²) in [4.78, 5) is 22.4. The fourth-order valence-corrected chi connectivity index (χ4v) is 2.06. The van der Waals surface area contributed by atoms with Crippen LogP contribution in [0.25, 0.3) is 6.08 Å². The number of rotatable bonds is 7. The monoisotopic (exact) mass is 338 g/mol. The Morgan fingerprint density at radius 1 is 1.28 bits per heavy atom. The largest absolute Gasteiger partial charge is 0.493 e. The second-order valence-electron chi connectivity index (χ2n) is 4.86. The zero-order chi connectivity index (χ0) is 18.2. The van der Waals surface area contributed by atoms with Gasteiger partial charge < -0.3 is 9.47 Å². The van der Waals surface area contributed by atoms with Crippen LogP contribution >= 0.6 is 0 Å². The molecule has 2 aromatic rings. The zero-order valence-electron chi connectivity index (χ0n) is 13.3. The highest BCUT2D eigenvalue weighted by Gasteiger charge is 2.10. The van der Waals surface area contributed by atoms with Crippen LogP contribution in [0.15, 0.2) is 48.5 Å². The standard InChI is InChI=1S/C18H14N2O5/c1-24-18-11-13(6-8-17(18)25-10-9-19)5-7-16(21)14-3-2-4-15(12-14)20(22)23/h2-8,11-12H,10H2,1H3/b7-5+. The van der Waals surface area contributed by atoms with E-state index in [1.807, 2.05) is 6.07 Å². The normalized spacial score (nSPS) is 10.2. The molecule has 0 aliphatic heterocycles. The van der Waals surface area contributed by atoms with E-state index < -0.39 is 4.92 Å². The van der Waals surface area contributed by atoms with Crippen molar-refractivity contribution in [1.82, 2.24) is 0 Å². The average molecular weight is 338 g/mol. The van der Waals surface area contributed by atoms with Crippen molar-refractivity contribution in [2.24, 2.45) is 0 Å². The van der Waals surface area contributed by atoms with E-state index >= 15 is 0 Å². The van der Waals surface area contributed by atoms with Crippen molar-refractivity contribution in [1.29, 1.82) is 5.26 Å². The number of benzene rings is 2. The number of non-ortho nitro benzene ring substituents is 1. The smallest absolute Gasteiger partial charge is 0.270 e. The van der Waals surface area contributed by atoms with E-state index in [-0.39, 0.29) is 23.6 Å². The number of ketones is 1. The maximum atomic E-state index is 12.2. The first-order valence-corrected chi connectivity index (χ1v) is 7.20. The number of ether oxygens (including phenoxy) is 2. The highest BCUT2D eigenvalue weighted by Crippen LogP contribution is 2.28. The van der Waals surface area contributed by atoms with Gasteiger partial charge in [-0.05, 0) is 23.8 Å². The van der Waals surface area contributed by atoms with E-state index in [2.05, 4.69) is 0 Å². The Morgan fingerprint density at radius 3 is 2.76 bits per heavy atom. The molecule has 0 bridgehead atoms. The number of methoxy groups -OCH3 is 1. The Kier molecular flexibility index (Phi) is 5.85. The molecule has 0 aromatic heterocycles. The first kappa shape index (κ1) is 17.7. The van der Waals surface area contributed by atoms with E-state index in [9.17, 15) is 14.9 Å². The second-order valence-corrected chi connectivity index (χ2v) is 4.86. The van der Waals surface area contributed by atoms with Crippen LogP contribution < -0.4 is 9.47 Å². The van der Waals surface area contributed by atoms with Crippen LogP contribution in [0.2, 0.25) is 0 Å². The second kappa shape index (κ2) is 8.26. The zero-order valence-corrected chi connectivity index (χ0v) is 13.3. The number of nitro benzene ring substituents is 1. The molecule has 7 heteroatoms. The molecule has 0 fully saturated rings. The molecule has 0 saturated carbocycles. The molecule has 25 heavy (non-hydrogen) atoms. The fraction of sp³-hybridized carbons (Fsp3) is 0.111. The van der Waals surface area contributed by atoms with Crippen LogP contribution in [0.3, 0.4) is 0 Å². The van der Waals surface area contributed by atoms with Crippen molar-refractivity contribution >= 4 is 17.5 Å². The Morgan fingerprint density at radius 2 is 2.08 bits per heavy atom. The maximum absolute atomic E-state index is 12.2. The number of allylic oxidation sites excluding steroid dienone is 1. The minimum absolute atomic E-state index is 0.100. The molecule has 0 amide bonds. The number of hydrogen-bond acceptors (Lipinski definition) is 6. The Balaban J connectivity index is 2.18. The Bertz CT molecular complexity index is 868. The van der Waals surface area contributed by atoms with Gasteiger partial charge in [0.25, 0.3) is 5.69 Å². The Labute approximate surface area is 143 Å². The van der Waals surface area contributed by atoms with Crippen LogP contribution in [-0.4, -0.2) is 24.4 Å². The van der Waals surface area contributed by atoms with Gasteiger partial charge in [0.2, 0.25) is 0 Å². The number of carbonyl (C=O) groups excluding carboxylic acids is 1. The predicted molar refractivity (Wildman–Crippen MR) is 90.6 cm³/mol. The molecule has 0 spiro atoms. The van der Waals surface area contributed by atoms with Gasteiger partial charge in [-0.1, -0.05) is 24.3 Å². The van der Waals surface area contributed by atoms with Gasteiger partial charge in [-0.15, -0.1) is 0 Å². The molecule has 0 saturated heterocycles. The van der Waals surface area contributed by atoms with Crippen molar-refractivity contribution < 1.29 is 19.2 Å². The van der Waals surface area contributed by atoms with Gasteiger partial charge in [0.05, 0.1) is 12.0 Å². The molecule has 7 nitrogen and oxygen atoms in total. The predicted octanol–water partition coefficient (Wildman–Crippen LogP) is 3.40. The molecule has 0 N–H and O–H groups in total. The number of carbonyl (C=O) groups is 1. The third-order valence-corrected chi connectivity index (χ3v) is 3.25. The van der Waals surface area contributed by atoms with E-state index in [0.717, 1.165) is 0 Å². The third-order valence-electron chi connectivity index (χ3n) is 3.25. The first-order valence-electron chi connectivity index (χ1n) is 7.20. The van der Waals surface area contributed by atoms with Crippen molar-refractivity contribution in [3.05, 3.63) is 69.8 Å². The van der Waals surface area contributed by atoms with E-state index in [1.54, 1.807) is 24.3 Å². The third kappa shape index (κ3) is 4.65. The van der Waals surface area contributed by atoms with Crippen LogP contribution in [0.4, 0.5) is 5.69 Å². The summed E-state index contributed by atoms with van der Waals surface area (Å²) in [5.74, 6) is 0.499. The fourth-order valence-electron chi connectivity index (χ4n) is 2.06. The van der Waals surface area contributed by atoms with E-state index in [0.29, 0.717) is 17.1 Å². The summed E-state index contributed by atoms with van der Waals surface area (Å²) in [6.07, 6.45) is 2.89. The molecule has 0 radical (unpaired) electrons. The highest BCUT2D eigenvalue weighted by atomic mass is 16.6. The van der Waals surface area contributed by atoms with Crippen LogP contribution in [-0.2, 0) is 0 Å². The van der Waals surface area contributed by atoms with Gasteiger partial charge >= 0.3 is 0 Å². The van der Waals surface area contributed by atoms with E-state index in [4.69, 9.17) is 14.7 Å². The average Bonchev–Trinajstić information content (AvgIpc) is 2.64. The molecule has 0 heterocycles. The van der Waals surface area contributed by atoms with Gasteiger partial charge in [-0.3, -0.25) is 14.9 Å². The molecule has 126 valence electrons. The van der Waals surface area contributed by atoms with Crippen molar-refractivity contribution in [3.63, 3.8) is 0 Å². The lowest BCUT2D eigenvalue weighted by molar-refractivity contribution is -0.384. The highest BCUT2D eigenvalue weighted by molar-refractivity contribution is 6.07. The molecular weight excluding hydrogens is 324 g/mol. The number of nitrogens with zero attached hydrogens (tertiary/aromatic N) is 2. The van der Waals surface area contributed by atoms with Crippen molar-refractivity contribution in [2.45, 2.75) is 0 Å². The summed E-state index contributed by atoms with van der Waals surface area (Å²) in [7, 11) is 1.47. The quantitative estimate of drug-likeness (QED) is 0.332. The van der Waals surface area contributed by atoms with Gasteiger partial charge in [0, 0.05) is 17.7 Å². The maximum Gasteiger partial charge on any atom is 0.270 e. The molecular formula is C18H14N2O5. The summed E-state index contributed by atoms with van der Waals surface area (Å²) >= 11 is 0. The van der Waals surface area contributed by atoms with E-state index in [1.165, 1.54) is 37.5 Å². The summed E-state index contributed by atoms with van der Waals surface area (Å²) in [5.41, 5.74) is 0.770. The van der Waals surface area contributed by atoms with Gasteiger partial charge in [-0.2, -0.15) is 5.26 Å². The lowest BCUT2D eigenvalue weighted by Gasteiger charge is -2.08. The molecule has 2 rings (SSSR count). The summed E-state index contributed by atoms with van der Waals surface area (Å²) in [6.45, 7) is -0.100. The van der Waals surface area contributed by atoms with Gasteiger partial charge in [0.1, 0.15) is 6.07 Å². The summed E-state index contributed by atoms with van der Waals surface area (Å²) in [6, 6.07) is 12.4. The van der Waals surface area contributed by atoms with Gasteiger partial charge in [0.15, 0.2) is 23.9 Å². The first-order chi connectivity index (χ1) is 12.0. The minimum Gasteiger partial charge on any atom is -0.493 e. The lowest BCUT2D eigenvalue weighted by Crippen LogP contribution is -1.97. The molecule has 0 aliphatic carbocycles. The molecule has 0 unspecified atom stereocenters. The minimum atomic E-state index is -0.550. The van der Waals surface area contributed by atoms with Crippen molar-refractivity contribution in [3.8, 4) is 17.6 Å². The number of hydrogen-bond donors (Lipinski definition) is 0. The van der Waals surface area contributed by atoms with Gasteiger partial charge in [-0.25, -0.2) is 0 Å². The summed E-state index contributed by atoms with van der Waals surface area (Å²) in [5, 5.41) is 19.3. The number of nitro groups is 1. The van der Waals surface area contributed by atoms with Crippen LogP contribution in [0.1, 0.15) is 15.9 Å². The summed E-state index contributed by atoms with van der Waals surface area (Å²) < 4.78 is 10.4. The topological polar surface area (TPSA) is 102 Å².